The van der Waals surface area contributed by atoms with Crippen molar-refractivity contribution in [3.05, 3.63) is 75.8 Å². The normalized spacial score (nSPS) is 10.9. The van der Waals surface area contributed by atoms with Crippen molar-refractivity contribution < 1.29 is 9.90 Å². The zero-order chi connectivity index (χ0) is 17.1. The van der Waals surface area contributed by atoms with Gasteiger partial charge in [0.25, 0.3) is 0 Å². The molecule has 0 aliphatic rings. The zero-order valence-corrected chi connectivity index (χ0v) is 15.1. The first-order chi connectivity index (χ1) is 11.6. The lowest BCUT2D eigenvalue weighted by Gasteiger charge is -2.13. The first-order valence-electron chi connectivity index (χ1n) is 8.10. The SMILES string of the molecule is CCC(=O)c1ccc2cc(O)ccc2c1CCc1ccc(Br)cc1. The van der Waals surface area contributed by atoms with E-state index in [1.54, 1.807) is 12.1 Å². The molecule has 0 spiro atoms. The van der Waals surface area contributed by atoms with Crippen LogP contribution in [0.4, 0.5) is 0 Å². The maximum Gasteiger partial charge on any atom is 0.162 e. The number of ketones is 1. The van der Waals surface area contributed by atoms with Gasteiger partial charge in [-0.25, -0.2) is 0 Å². The highest BCUT2D eigenvalue weighted by atomic mass is 79.9. The summed E-state index contributed by atoms with van der Waals surface area (Å²) in [6.07, 6.45) is 2.16. The summed E-state index contributed by atoms with van der Waals surface area (Å²) in [7, 11) is 0. The van der Waals surface area contributed by atoms with Crippen LogP contribution in [-0.2, 0) is 12.8 Å². The van der Waals surface area contributed by atoms with Gasteiger partial charge >= 0.3 is 0 Å². The Labute approximate surface area is 150 Å². The number of benzene rings is 3. The Kier molecular flexibility index (Phi) is 5.00. The molecule has 3 aromatic carbocycles. The van der Waals surface area contributed by atoms with Gasteiger partial charge in [-0.2, -0.15) is 0 Å². The van der Waals surface area contributed by atoms with Crippen LogP contribution in [0.2, 0.25) is 0 Å². The molecule has 0 aliphatic heterocycles. The number of phenols is 1. The van der Waals surface area contributed by atoms with E-state index >= 15 is 0 Å². The van der Waals surface area contributed by atoms with Crippen LogP contribution in [0.3, 0.4) is 0 Å². The van der Waals surface area contributed by atoms with Crippen molar-refractivity contribution >= 4 is 32.5 Å². The highest BCUT2D eigenvalue weighted by Crippen LogP contribution is 2.28. The minimum Gasteiger partial charge on any atom is -0.508 e. The summed E-state index contributed by atoms with van der Waals surface area (Å²) in [5.74, 6) is 0.409. The standard InChI is InChI=1S/C21H19BrO2/c1-2-21(24)20-11-6-15-13-17(23)9-12-18(15)19(20)10-5-14-3-7-16(22)8-4-14/h3-4,6-9,11-13,23H,2,5,10H2,1H3. The van der Waals surface area contributed by atoms with E-state index in [1.807, 2.05) is 37.3 Å². The molecule has 0 saturated heterocycles. The first-order valence-corrected chi connectivity index (χ1v) is 8.90. The van der Waals surface area contributed by atoms with E-state index in [4.69, 9.17) is 0 Å². The van der Waals surface area contributed by atoms with E-state index in [-0.39, 0.29) is 11.5 Å². The molecule has 0 aromatic heterocycles. The summed E-state index contributed by atoms with van der Waals surface area (Å²) in [5, 5.41) is 11.7. The summed E-state index contributed by atoms with van der Waals surface area (Å²) in [6.45, 7) is 1.89. The van der Waals surface area contributed by atoms with Crippen molar-refractivity contribution in [3.63, 3.8) is 0 Å². The van der Waals surface area contributed by atoms with Crippen molar-refractivity contribution in [2.75, 3.05) is 0 Å². The lowest BCUT2D eigenvalue weighted by molar-refractivity contribution is 0.0987. The van der Waals surface area contributed by atoms with Gasteiger partial charge < -0.3 is 5.11 Å². The number of hydrogen-bond donors (Lipinski definition) is 1. The molecule has 3 aromatic rings. The predicted molar refractivity (Wildman–Crippen MR) is 102 cm³/mol. The second kappa shape index (κ2) is 7.18. The molecule has 2 nitrogen and oxygen atoms in total. The van der Waals surface area contributed by atoms with Crippen molar-refractivity contribution in [1.29, 1.82) is 0 Å². The molecule has 0 radical (unpaired) electrons. The van der Waals surface area contributed by atoms with E-state index in [0.717, 1.165) is 39.2 Å². The van der Waals surface area contributed by atoms with E-state index in [9.17, 15) is 9.90 Å². The van der Waals surface area contributed by atoms with Gasteiger partial charge in [-0.1, -0.05) is 53.2 Å². The van der Waals surface area contributed by atoms with Crippen molar-refractivity contribution in [2.45, 2.75) is 26.2 Å². The zero-order valence-electron chi connectivity index (χ0n) is 13.6. The van der Waals surface area contributed by atoms with Gasteiger partial charge in [0.1, 0.15) is 5.75 Å². The maximum atomic E-state index is 12.3. The van der Waals surface area contributed by atoms with Crippen LogP contribution < -0.4 is 0 Å². The molecule has 0 heterocycles. The molecule has 3 rings (SSSR count). The highest BCUT2D eigenvalue weighted by molar-refractivity contribution is 9.10. The number of carbonyl (C=O) groups excluding carboxylic acids is 1. The minimum atomic E-state index is 0.163. The lowest BCUT2D eigenvalue weighted by Crippen LogP contribution is -2.05. The molecule has 0 aliphatic carbocycles. The number of aryl methyl sites for hydroxylation is 2. The monoisotopic (exact) mass is 382 g/mol. The van der Waals surface area contributed by atoms with Gasteiger partial charge in [0.15, 0.2) is 5.78 Å². The van der Waals surface area contributed by atoms with Crippen LogP contribution in [0.25, 0.3) is 10.8 Å². The Morgan fingerprint density at radius 2 is 1.75 bits per heavy atom. The van der Waals surface area contributed by atoms with Gasteiger partial charge in [-0.3, -0.25) is 4.79 Å². The van der Waals surface area contributed by atoms with Crippen LogP contribution in [0.5, 0.6) is 5.75 Å². The van der Waals surface area contributed by atoms with Gasteiger partial charge in [0.2, 0.25) is 0 Å². The number of rotatable bonds is 5. The molecule has 0 fully saturated rings. The third-order valence-electron chi connectivity index (χ3n) is 4.31. The number of Topliss-reactive ketones (excluding diaryl/α,β-unsaturated/α-hetero) is 1. The van der Waals surface area contributed by atoms with Crippen LogP contribution in [0.15, 0.2) is 59.1 Å². The van der Waals surface area contributed by atoms with Crippen LogP contribution in [0, 0.1) is 0 Å². The highest BCUT2D eigenvalue weighted by Gasteiger charge is 2.13. The largest absolute Gasteiger partial charge is 0.508 e. The smallest absolute Gasteiger partial charge is 0.162 e. The number of halogens is 1. The maximum absolute atomic E-state index is 12.3. The topological polar surface area (TPSA) is 37.3 Å². The minimum absolute atomic E-state index is 0.163. The van der Waals surface area contributed by atoms with Gasteiger partial charge in [-0.15, -0.1) is 0 Å². The Balaban J connectivity index is 2.02. The number of fused-ring (bicyclic) bond motifs is 1. The summed E-state index contributed by atoms with van der Waals surface area (Å²) in [6, 6.07) is 17.4. The lowest BCUT2D eigenvalue weighted by atomic mass is 9.91. The van der Waals surface area contributed by atoms with E-state index in [0.29, 0.717) is 6.42 Å². The fraction of sp³-hybridized carbons (Fsp3) is 0.190. The molecule has 3 heteroatoms. The summed E-state index contributed by atoms with van der Waals surface area (Å²) >= 11 is 3.45. The number of hydrogen-bond acceptors (Lipinski definition) is 2. The average Bonchev–Trinajstić information content (AvgIpc) is 2.60. The number of aromatic hydroxyl groups is 1. The van der Waals surface area contributed by atoms with E-state index in [1.165, 1.54) is 5.56 Å². The molecule has 24 heavy (non-hydrogen) atoms. The molecular weight excluding hydrogens is 364 g/mol. The Hall–Kier alpha value is -2.13. The summed E-state index contributed by atoms with van der Waals surface area (Å²) < 4.78 is 1.06. The quantitative estimate of drug-likeness (QED) is 0.575. The van der Waals surface area contributed by atoms with E-state index in [2.05, 4.69) is 28.1 Å². The van der Waals surface area contributed by atoms with Gasteiger partial charge in [-0.05, 0) is 59.0 Å². The molecule has 1 N–H and O–H groups in total. The molecule has 0 unspecified atom stereocenters. The summed E-state index contributed by atoms with van der Waals surface area (Å²) in [4.78, 5) is 12.3. The van der Waals surface area contributed by atoms with Crippen LogP contribution >= 0.6 is 15.9 Å². The van der Waals surface area contributed by atoms with Crippen molar-refractivity contribution in [2.24, 2.45) is 0 Å². The fourth-order valence-electron chi connectivity index (χ4n) is 3.02. The number of carbonyl (C=O) groups is 1. The Morgan fingerprint density at radius 1 is 1.00 bits per heavy atom. The second-order valence-corrected chi connectivity index (χ2v) is 6.82. The fourth-order valence-corrected chi connectivity index (χ4v) is 3.29. The van der Waals surface area contributed by atoms with E-state index < -0.39 is 0 Å². The molecular formula is C21H19BrO2. The van der Waals surface area contributed by atoms with Crippen molar-refractivity contribution in [1.82, 2.24) is 0 Å². The second-order valence-electron chi connectivity index (χ2n) is 5.90. The Bertz CT molecular complexity index is 882. The van der Waals surface area contributed by atoms with Crippen molar-refractivity contribution in [3.8, 4) is 5.75 Å². The third kappa shape index (κ3) is 3.51. The van der Waals surface area contributed by atoms with Crippen LogP contribution in [0.1, 0.15) is 34.8 Å². The third-order valence-corrected chi connectivity index (χ3v) is 4.84. The number of phenolic OH excluding ortho intramolecular Hbond substituents is 1. The molecule has 0 atom stereocenters. The van der Waals surface area contributed by atoms with Crippen LogP contribution in [-0.4, -0.2) is 10.9 Å². The molecule has 122 valence electrons. The Morgan fingerprint density at radius 3 is 2.46 bits per heavy atom. The van der Waals surface area contributed by atoms with Gasteiger partial charge in [0, 0.05) is 16.5 Å². The molecule has 0 saturated carbocycles. The molecule has 0 amide bonds. The molecule has 0 bridgehead atoms. The summed E-state index contributed by atoms with van der Waals surface area (Å²) in [5.41, 5.74) is 3.11. The predicted octanol–water partition coefficient (Wildman–Crippen LogP) is 5.69. The van der Waals surface area contributed by atoms with Gasteiger partial charge in [0.05, 0.1) is 0 Å². The average molecular weight is 383 g/mol. The first kappa shape index (κ1) is 16.7.